The molecular weight excluding hydrogens is 470 g/mol. The number of unbranched alkanes of at least 4 members (excludes halogenated alkanes) is 8. The van der Waals surface area contributed by atoms with E-state index in [-0.39, 0.29) is 70.4 Å². The maximum atomic E-state index is 9.09. The molecule has 1 aromatic carbocycles. The van der Waals surface area contributed by atoms with Crippen LogP contribution in [0.5, 0.6) is 0 Å². The van der Waals surface area contributed by atoms with E-state index in [0.29, 0.717) is 6.61 Å². The smallest absolute Gasteiger partial charge is 0.350 e. The summed E-state index contributed by atoms with van der Waals surface area (Å²) in [5.41, 5.74) is 2.91. The third-order valence-corrected chi connectivity index (χ3v) is 6.54. The van der Waals surface area contributed by atoms with Crippen molar-refractivity contribution < 1.29 is 75.2 Å². The minimum Gasteiger partial charge on any atom is -0.350 e. The Morgan fingerprint density at radius 2 is 1.44 bits per heavy atom. The quantitative estimate of drug-likeness (QED) is 0.190. The molecule has 32 heavy (non-hydrogen) atoms. The number of aryl methyl sites for hydroxylation is 2. The van der Waals surface area contributed by atoms with Crippen LogP contribution in [0.4, 0.5) is 0 Å². The molecule has 0 spiro atoms. The van der Waals surface area contributed by atoms with Gasteiger partial charge in [0.2, 0.25) is 0 Å². The van der Waals surface area contributed by atoms with Gasteiger partial charge in [-0.3, -0.25) is 0 Å². The molecule has 2 N–H and O–H groups in total. The van der Waals surface area contributed by atoms with E-state index in [4.69, 9.17) is 23.8 Å². The van der Waals surface area contributed by atoms with Crippen molar-refractivity contribution in [2.24, 2.45) is 0 Å². The fourth-order valence-corrected chi connectivity index (χ4v) is 4.45. The van der Waals surface area contributed by atoms with Crippen LogP contribution in [0.15, 0.2) is 24.3 Å². The van der Waals surface area contributed by atoms with E-state index in [9.17, 15) is 0 Å². The Balaban J connectivity index is 0.00000512. The first-order valence-corrected chi connectivity index (χ1v) is 14.6. The van der Waals surface area contributed by atoms with Crippen LogP contribution >= 0.6 is 6.72 Å². The molecule has 1 aromatic rings. The van der Waals surface area contributed by atoms with Crippen LogP contribution in [0.25, 0.3) is 0 Å². The predicted octanol–water partition coefficient (Wildman–Crippen LogP) is 3.05. The van der Waals surface area contributed by atoms with Crippen molar-refractivity contribution >= 4 is 18.5 Å². The first kappa shape index (κ1) is 31.3. The van der Waals surface area contributed by atoms with Crippen LogP contribution < -0.4 is 51.4 Å². The Hall–Kier alpha value is 1.31. The first-order chi connectivity index (χ1) is 15.0. The number of rotatable bonds is 17. The molecule has 1 aliphatic rings. The molecular formula is C24H41KO5PS+. The molecule has 2 unspecified atom stereocenters. The minimum atomic E-state index is -3.61. The number of benzene rings is 1. The van der Waals surface area contributed by atoms with Gasteiger partial charge in [-0.25, -0.2) is 0 Å². The van der Waals surface area contributed by atoms with Crippen molar-refractivity contribution in [3.05, 3.63) is 35.4 Å². The van der Waals surface area contributed by atoms with Crippen LogP contribution in [-0.2, 0) is 38.6 Å². The number of ether oxygens (including phenoxy) is 2. The van der Waals surface area contributed by atoms with Crippen LogP contribution in [0.1, 0.15) is 88.7 Å². The molecule has 2 rings (SSSR count). The normalized spacial score (nSPS) is 18.6. The average molecular weight is 512 g/mol. The van der Waals surface area contributed by atoms with Gasteiger partial charge in [-0.15, -0.1) is 0 Å². The van der Waals surface area contributed by atoms with Crippen LogP contribution in [0.3, 0.4) is 0 Å². The molecule has 0 saturated carbocycles. The summed E-state index contributed by atoms with van der Waals surface area (Å²) in [6, 6.07) is 9.21. The molecule has 8 heteroatoms. The summed E-state index contributed by atoms with van der Waals surface area (Å²) < 4.78 is 16.1. The molecule has 1 heterocycles. The van der Waals surface area contributed by atoms with E-state index in [1.165, 1.54) is 68.9 Å². The molecule has 0 bridgehead atoms. The molecule has 0 aliphatic carbocycles. The molecule has 2 atom stereocenters. The van der Waals surface area contributed by atoms with Gasteiger partial charge in [0.05, 0.1) is 13.2 Å². The SMILES string of the molecule is CCCCCCCCc1ccc(CCCCCCC2OCC(COP(O)(O)=S)O2)cc1.[K+]. The van der Waals surface area contributed by atoms with Crippen LogP contribution in [-0.4, -0.2) is 35.4 Å². The minimum absolute atomic E-state index is 0. The molecule has 0 radical (unpaired) electrons. The maximum Gasteiger partial charge on any atom is 1.00 e. The van der Waals surface area contributed by atoms with Gasteiger partial charge in [0.15, 0.2) is 6.29 Å². The van der Waals surface area contributed by atoms with E-state index < -0.39 is 6.72 Å². The van der Waals surface area contributed by atoms with Crippen molar-refractivity contribution in [2.45, 2.75) is 103 Å². The van der Waals surface area contributed by atoms with Gasteiger partial charge in [-0.05, 0) is 61.5 Å². The fourth-order valence-electron chi connectivity index (χ4n) is 3.90. The third-order valence-electron chi connectivity index (χ3n) is 5.74. The van der Waals surface area contributed by atoms with Crippen molar-refractivity contribution in [3.8, 4) is 0 Å². The van der Waals surface area contributed by atoms with E-state index in [0.717, 1.165) is 25.7 Å². The molecule has 178 valence electrons. The Morgan fingerprint density at radius 1 is 0.906 bits per heavy atom. The van der Waals surface area contributed by atoms with Crippen molar-refractivity contribution in [1.29, 1.82) is 0 Å². The number of hydrogen-bond acceptors (Lipinski definition) is 4. The van der Waals surface area contributed by atoms with Gasteiger partial charge in [0, 0.05) is 0 Å². The third kappa shape index (κ3) is 15.3. The maximum absolute atomic E-state index is 9.09. The summed E-state index contributed by atoms with van der Waals surface area (Å²) in [4.78, 5) is 18.2. The van der Waals surface area contributed by atoms with Gasteiger partial charge in [0.1, 0.15) is 6.10 Å². The average Bonchev–Trinajstić information content (AvgIpc) is 3.20. The zero-order chi connectivity index (χ0) is 22.4. The summed E-state index contributed by atoms with van der Waals surface area (Å²) in [5, 5.41) is 0. The zero-order valence-electron chi connectivity index (χ0n) is 20.0. The summed E-state index contributed by atoms with van der Waals surface area (Å²) >= 11 is 4.44. The second-order valence-electron chi connectivity index (χ2n) is 8.59. The summed E-state index contributed by atoms with van der Waals surface area (Å²) in [5.74, 6) is 0. The Morgan fingerprint density at radius 3 is 2.00 bits per heavy atom. The van der Waals surface area contributed by atoms with Gasteiger partial charge >= 0.3 is 58.1 Å². The first-order valence-electron chi connectivity index (χ1n) is 12.0. The fraction of sp³-hybridized carbons (Fsp3) is 0.750. The van der Waals surface area contributed by atoms with Crippen molar-refractivity contribution in [2.75, 3.05) is 13.2 Å². The Bertz CT molecular complexity index is 640. The Kier molecular flexibility index (Phi) is 18.2. The van der Waals surface area contributed by atoms with Crippen molar-refractivity contribution in [1.82, 2.24) is 0 Å². The van der Waals surface area contributed by atoms with Crippen LogP contribution in [0, 0.1) is 0 Å². The van der Waals surface area contributed by atoms with E-state index in [1.54, 1.807) is 0 Å². The monoisotopic (exact) mass is 511 g/mol. The van der Waals surface area contributed by atoms with E-state index in [1.807, 2.05) is 0 Å². The molecule has 0 aromatic heterocycles. The Labute approximate surface area is 242 Å². The van der Waals surface area contributed by atoms with E-state index in [2.05, 4.69) is 43.0 Å². The summed E-state index contributed by atoms with van der Waals surface area (Å²) in [6.07, 6.45) is 15.5. The number of hydrogen-bond donors (Lipinski definition) is 2. The second-order valence-corrected chi connectivity index (χ2v) is 11.3. The zero-order valence-corrected chi connectivity index (χ0v) is 24.9. The molecule has 1 fully saturated rings. The molecule has 5 nitrogen and oxygen atoms in total. The van der Waals surface area contributed by atoms with Crippen molar-refractivity contribution in [3.63, 3.8) is 0 Å². The van der Waals surface area contributed by atoms with Gasteiger partial charge in [0.25, 0.3) is 0 Å². The van der Waals surface area contributed by atoms with Gasteiger partial charge in [-0.1, -0.05) is 76.1 Å². The topological polar surface area (TPSA) is 68.2 Å². The second kappa shape index (κ2) is 18.6. The largest absolute Gasteiger partial charge is 1.00 e. The molecule has 0 amide bonds. The van der Waals surface area contributed by atoms with Crippen LogP contribution in [0.2, 0.25) is 0 Å². The standard InChI is InChI=1S/C24H41O5PS.K/c1-2-3-4-5-6-9-12-21-15-17-22(18-16-21)13-10-7-8-11-14-24-27-19-23(29-24)20-28-30(25,26)31;/h15-18,23-24H,2-14,19-20H2,1H3,(H2,25,26,31);/q;+1. The molecule has 1 saturated heterocycles. The summed E-state index contributed by atoms with van der Waals surface area (Å²) in [7, 11) is 0. The van der Waals surface area contributed by atoms with Gasteiger partial charge in [-0.2, -0.15) is 0 Å². The summed E-state index contributed by atoms with van der Waals surface area (Å²) in [6.45, 7) is -0.868. The van der Waals surface area contributed by atoms with E-state index >= 15 is 0 Å². The van der Waals surface area contributed by atoms with Gasteiger partial charge < -0.3 is 23.8 Å². The predicted molar refractivity (Wildman–Crippen MR) is 130 cm³/mol. The molecule has 1 aliphatic heterocycles.